The van der Waals surface area contributed by atoms with Gasteiger partial charge in [-0.2, -0.15) is 22.0 Å². The minimum Gasteiger partial charge on any atom is -0.435 e. The van der Waals surface area contributed by atoms with Gasteiger partial charge in [-0.15, -0.1) is 0 Å². The number of para-hydroxylation sites is 1. The van der Waals surface area contributed by atoms with Crippen molar-refractivity contribution in [2.45, 2.75) is 36.8 Å². The molecule has 1 aliphatic carbocycles. The standard InChI is InChI=1S/C25H19F6N5O3/c26-16-6-19-34-20-17(37)5-14(13-3-1-2-4-18(13)39-22(27)28)21(20)36(19)9-15(16)12-7-32-23(33-8-12)35-10-24(38,11-35)25(29,30)31/h1-4,6-9,14,17,22,37-38H,5,10-11H2. The highest BCUT2D eigenvalue weighted by Crippen LogP contribution is 2.47. The summed E-state index contributed by atoms with van der Waals surface area (Å²) in [6.45, 7) is -4.50. The van der Waals surface area contributed by atoms with E-state index in [-0.39, 0.29) is 40.6 Å². The van der Waals surface area contributed by atoms with Gasteiger partial charge in [0.1, 0.15) is 17.2 Å². The molecule has 3 aromatic heterocycles. The predicted octanol–water partition coefficient (Wildman–Crippen LogP) is 4.21. The Morgan fingerprint density at radius 1 is 1.10 bits per heavy atom. The first-order valence-corrected chi connectivity index (χ1v) is 11.7. The Kier molecular flexibility index (Phi) is 5.73. The quantitative estimate of drug-likeness (QED) is 0.359. The molecule has 2 atom stereocenters. The van der Waals surface area contributed by atoms with E-state index in [1.165, 1.54) is 24.7 Å². The number of imidazole rings is 1. The van der Waals surface area contributed by atoms with Crippen LogP contribution in [-0.4, -0.2) is 61.0 Å². The molecule has 4 heterocycles. The number of aliphatic hydroxyl groups excluding tert-OH is 1. The maximum Gasteiger partial charge on any atom is 0.420 e. The number of halogens is 6. The summed E-state index contributed by atoms with van der Waals surface area (Å²) in [4.78, 5) is 13.6. The Labute approximate surface area is 216 Å². The Hall–Kier alpha value is -3.91. The zero-order valence-corrected chi connectivity index (χ0v) is 19.8. The number of alkyl halides is 5. The van der Waals surface area contributed by atoms with Crippen LogP contribution in [0.4, 0.5) is 32.3 Å². The largest absolute Gasteiger partial charge is 0.435 e. The minimum absolute atomic E-state index is 0.0434. The SMILES string of the molecule is OC1CC(c2ccccc2OC(F)F)c2c1nc1cc(F)c(-c3cnc(N4CC(O)(C(F)(F)F)C4)nc3)cn21. The van der Waals surface area contributed by atoms with E-state index in [4.69, 9.17) is 0 Å². The van der Waals surface area contributed by atoms with Crippen LogP contribution in [0.3, 0.4) is 0 Å². The van der Waals surface area contributed by atoms with E-state index in [9.17, 15) is 32.2 Å². The second-order valence-corrected chi connectivity index (χ2v) is 9.52. The summed E-state index contributed by atoms with van der Waals surface area (Å²) in [5.41, 5.74) is -1.23. The Balaban J connectivity index is 1.35. The molecule has 1 aliphatic heterocycles. The molecule has 1 fully saturated rings. The van der Waals surface area contributed by atoms with Crippen LogP contribution in [0, 0.1) is 5.82 Å². The maximum absolute atomic E-state index is 15.1. The van der Waals surface area contributed by atoms with Crippen LogP contribution in [0.1, 0.15) is 35.4 Å². The topological polar surface area (TPSA) is 96.0 Å². The van der Waals surface area contributed by atoms with Crippen LogP contribution >= 0.6 is 0 Å². The molecule has 0 bridgehead atoms. The molecule has 0 spiro atoms. The van der Waals surface area contributed by atoms with E-state index in [1.807, 2.05) is 0 Å². The zero-order valence-electron chi connectivity index (χ0n) is 19.8. The molecule has 4 aromatic rings. The third-order valence-electron chi connectivity index (χ3n) is 7.05. The van der Waals surface area contributed by atoms with E-state index in [1.54, 1.807) is 22.6 Å². The van der Waals surface area contributed by atoms with Crippen molar-refractivity contribution in [1.29, 1.82) is 0 Å². The van der Waals surface area contributed by atoms with Crippen molar-refractivity contribution in [3.63, 3.8) is 0 Å². The monoisotopic (exact) mass is 551 g/mol. The number of anilines is 1. The van der Waals surface area contributed by atoms with Gasteiger partial charge in [-0.1, -0.05) is 18.2 Å². The molecule has 2 unspecified atom stereocenters. The van der Waals surface area contributed by atoms with Crippen LogP contribution in [0.15, 0.2) is 48.9 Å². The molecular weight excluding hydrogens is 532 g/mol. The summed E-state index contributed by atoms with van der Waals surface area (Å²) in [7, 11) is 0. The van der Waals surface area contributed by atoms with Crippen molar-refractivity contribution in [2.24, 2.45) is 0 Å². The lowest BCUT2D eigenvalue weighted by Crippen LogP contribution is -2.69. The number of aromatic nitrogens is 4. The number of hydrogen-bond donors (Lipinski definition) is 2. The molecule has 1 saturated heterocycles. The minimum atomic E-state index is -4.79. The summed E-state index contributed by atoms with van der Waals surface area (Å²) in [5, 5.41) is 20.3. The number of rotatable bonds is 5. The molecule has 39 heavy (non-hydrogen) atoms. The fourth-order valence-corrected chi connectivity index (χ4v) is 5.13. The lowest BCUT2D eigenvalue weighted by atomic mass is 9.94. The van der Waals surface area contributed by atoms with Gasteiger partial charge in [0.15, 0.2) is 5.60 Å². The lowest BCUT2D eigenvalue weighted by molar-refractivity contribution is -0.267. The molecule has 2 aliphatic rings. The fraction of sp³-hybridized carbons (Fsp3) is 0.320. The van der Waals surface area contributed by atoms with E-state index >= 15 is 4.39 Å². The number of hydrogen-bond acceptors (Lipinski definition) is 7. The van der Waals surface area contributed by atoms with Crippen molar-refractivity contribution >= 4 is 11.6 Å². The Morgan fingerprint density at radius 3 is 2.46 bits per heavy atom. The van der Waals surface area contributed by atoms with Gasteiger partial charge in [-0.05, 0) is 12.5 Å². The first-order valence-electron chi connectivity index (χ1n) is 11.7. The Bertz CT molecular complexity index is 1550. The number of ether oxygens (including phenoxy) is 1. The molecule has 0 amide bonds. The van der Waals surface area contributed by atoms with Crippen LogP contribution < -0.4 is 9.64 Å². The smallest absolute Gasteiger partial charge is 0.420 e. The first-order chi connectivity index (χ1) is 18.4. The molecule has 0 radical (unpaired) electrons. The molecule has 8 nitrogen and oxygen atoms in total. The van der Waals surface area contributed by atoms with Gasteiger partial charge in [0.2, 0.25) is 5.95 Å². The summed E-state index contributed by atoms with van der Waals surface area (Å²) in [6.07, 6.45) is -1.76. The van der Waals surface area contributed by atoms with Crippen molar-refractivity contribution < 1.29 is 41.3 Å². The van der Waals surface area contributed by atoms with Crippen molar-refractivity contribution in [1.82, 2.24) is 19.4 Å². The summed E-state index contributed by atoms with van der Waals surface area (Å²) >= 11 is 0. The number of fused-ring (bicyclic) bond motifs is 3. The number of nitrogens with zero attached hydrogens (tertiary/aromatic N) is 5. The van der Waals surface area contributed by atoms with Crippen molar-refractivity contribution in [3.8, 4) is 16.9 Å². The van der Waals surface area contributed by atoms with Gasteiger partial charge in [-0.25, -0.2) is 19.3 Å². The summed E-state index contributed by atoms with van der Waals surface area (Å²) in [5.74, 6) is -1.39. The molecule has 0 saturated carbocycles. The van der Waals surface area contributed by atoms with Crippen LogP contribution in [0.5, 0.6) is 5.75 Å². The summed E-state index contributed by atoms with van der Waals surface area (Å²) < 4.78 is 86.2. The van der Waals surface area contributed by atoms with Crippen LogP contribution in [-0.2, 0) is 0 Å². The lowest BCUT2D eigenvalue weighted by Gasteiger charge is -2.46. The van der Waals surface area contributed by atoms with E-state index in [0.29, 0.717) is 11.3 Å². The Morgan fingerprint density at radius 2 is 1.79 bits per heavy atom. The normalized spacial score (nSPS) is 20.4. The molecule has 1 aromatic carbocycles. The van der Waals surface area contributed by atoms with Gasteiger partial charge < -0.3 is 24.3 Å². The predicted molar refractivity (Wildman–Crippen MR) is 124 cm³/mol. The molecule has 204 valence electrons. The first kappa shape index (κ1) is 25.4. The van der Waals surface area contributed by atoms with Crippen molar-refractivity contribution in [2.75, 3.05) is 18.0 Å². The highest BCUT2D eigenvalue weighted by Gasteiger charge is 2.61. The molecule has 2 N–H and O–H groups in total. The third kappa shape index (κ3) is 4.14. The number of pyridine rings is 1. The van der Waals surface area contributed by atoms with Crippen LogP contribution in [0.25, 0.3) is 16.8 Å². The average molecular weight is 551 g/mol. The second kappa shape index (κ2) is 8.81. The van der Waals surface area contributed by atoms with Gasteiger partial charge >= 0.3 is 12.8 Å². The van der Waals surface area contributed by atoms with Gasteiger partial charge in [0.05, 0.1) is 30.6 Å². The van der Waals surface area contributed by atoms with Crippen molar-refractivity contribution in [3.05, 3.63) is 71.7 Å². The van der Waals surface area contributed by atoms with E-state index < -0.39 is 49.3 Å². The third-order valence-corrected chi connectivity index (χ3v) is 7.05. The molecule has 14 heteroatoms. The highest BCUT2D eigenvalue weighted by atomic mass is 19.4. The maximum atomic E-state index is 15.1. The molecule has 6 rings (SSSR count). The highest BCUT2D eigenvalue weighted by molar-refractivity contribution is 5.66. The molecular formula is C25H19F6N5O3. The average Bonchev–Trinajstić information content (AvgIpc) is 3.37. The number of aliphatic hydroxyl groups is 2. The van der Waals surface area contributed by atoms with Gasteiger partial charge in [0, 0.05) is 47.3 Å². The summed E-state index contributed by atoms with van der Waals surface area (Å²) in [6, 6.07) is 7.34. The fourth-order valence-electron chi connectivity index (χ4n) is 5.13. The number of benzene rings is 1. The zero-order chi connectivity index (χ0) is 27.7. The van der Waals surface area contributed by atoms with Gasteiger partial charge in [-0.3, -0.25) is 0 Å². The van der Waals surface area contributed by atoms with Crippen LogP contribution in [0.2, 0.25) is 0 Å². The number of β-amino-alcohol motifs (C(OH)–C–C–N with tert-alkyl or cyclic N) is 1. The van der Waals surface area contributed by atoms with E-state index in [0.717, 1.165) is 11.0 Å². The van der Waals surface area contributed by atoms with Gasteiger partial charge in [0.25, 0.3) is 0 Å². The second-order valence-electron chi connectivity index (χ2n) is 9.52. The van der Waals surface area contributed by atoms with E-state index in [2.05, 4.69) is 19.7 Å².